The van der Waals surface area contributed by atoms with E-state index in [-0.39, 0.29) is 12.0 Å². The molecule has 33 heavy (non-hydrogen) atoms. The molecule has 9 heteroatoms. The van der Waals surface area contributed by atoms with Crippen molar-refractivity contribution in [2.45, 2.75) is 25.4 Å². The summed E-state index contributed by atoms with van der Waals surface area (Å²) in [6, 6.07) is 10.5. The number of carbonyl (C=O) groups is 1. The zero-order valence-corrected chi connectivity index (χ0v) is 19.6. The maximum atomic E-state index is 11.8. The van der Waals surface area contributed by atoms with E-state index in [0.29, 0.717) is 34.7 Å². The Morgan fingerprint density at radius 3 is 2.64 bits per heavy atom. The number of aromatic nitrogens is 3. The van der Waals surface area contributed by atoms with Crippen LogP contribution in [0.1, 0.15) is 19.3 Å². The first kappa shape index (κ1) is 22.0. The first-order valence-electron chi connectivity index (χ1n) is 11.3. The second kappa shape index (κ2) is 9.19. The van der Waals surface area contributed by atoms with Crippen molar-refractivity contribution in [1.82, 2.24) is 19.9 Å². The minimum absolute atomic E-state index is 0.0631. The largest absolute Gasteiger partial charge is 0.461 e. The third kappa shape index (κ3) is 4.77. The number of morpholine rings is 1. The fourth-order valence-corrected chi connectivity index (χ4v) is 4.59. The average Bonchev–Trinajstić information content (AvgIpc) is 3.18. The summed E-state index contributed by atoms with van der Waals surface area (Å²) in [5, 5.41) is 0.558. The van der Waals surface area contributed by atoms with E-state index < -0.39 is 0 Å². The number of imidazole rings is 1. The molecule has 3 heterocycles. The highest BCUT2D eigenvalue weighted by Gasteiger charge is 2.33. The normalized spacial score (nSPS) is 20.5. The van der Waals surface area contributed by atoms with Crippen LogP contribution in [0.4, 0.5) is 5.69 Å². The molecule has 0 unspecified atom stereocenters. The van der Waals surface area contributed by atoms with E-state index in [2.05, 4.69) is 27.0 Å². The van der Waals surface area contributed by atoms with Gasteiger partial charge in [0.1, 0.15) is 6.10 Å². The monoisotopic (exact) mass is 469 g/mol. The number of nitrogens with zero attached hydrogens (tertiary/aromatic N) is 4. The molecule has 1 aromatic carbocycles. The third-order valence-electron chi connectivity index (χ3n) is 6.35. The van der Waals surface area contributed by atoms with E-state index in [9.17, 15) is 4.79 Å². The van der Waals surface area contributed by atoms with E-state index in [4.69, 9.17) is 26.1 Å². The quantitative estimate of drug-likeness (QED) is 0.592. The highest BCUT2D eigenvalue weighted by atomic mass is 35.5. The van der Waals surface area contributed by atoms with Crippen LogP contribution in [0.2, 0.25) is 5.02 Å². The van der Waals surface area contributed by atoms with Crippen molar-refractivity contribution in [2.24, 2.45) is 5.92 Å². The number of carbonyl (C=O) groups excluding carboxylic acids is 1. The van der Waals surface area contributed by atoms with Crippen molar-refractivity contribution in [3.63, 3.8) is 0 Å². The van der Waals surface area contributed by atoms with Gasteiger partial charge < -0.3 is 24.3 Å². The van der Waals surface area contributed by atoms with Gasteiger partial charge in [0.05, 0.1) is 29.4 Å². The summed E-state index contributed by atoms with van der Waals surface area (Å²) in [7, 11) is 3.57. The molecule has 1 aliphatic carbocycles. The van der Waals surface area contributed by atoms with Gasteiger partial charge in [0, 0.05) is 44.9 Å². The molecule has 1 amide bonds. The minimum atomic E-state index is 0.0631. The van der Waals surface area contributed by atoms with Gasteiger partial charge in [-0.05, 0) is 37.0 Å². The smallest absolute Gasteiger partial charge is 0.296 e. The van der Waals surface area contributed by atoms with Crippen LogP contribution in [0, 0.1) is 5.92 Å². The molecule has 174 valence electrons. The molecule has 8 nitrogen and oxygen atoms in total. The number of aromatic amines is 1. The molecule has 1 aliphatic heterocycles. The lowest BCUT2D eigenvalue weighted by Gasteiger charge is -2.34. The summed E-state index contributed by atoms with van der Waals surface area (Å²) in [6.07, 6.45) is 2.34. The van der Waals surface area contributed by atoms with Gasteiger partial charge in [-0.15, -0.1) is 0 Å². The van der Waals surface area contributed by atoms with Gasteiger partial charge >= 0.3 is 0 Å². The predicted molar refractivity (Wildman–Crippen MR) is 128 cm³/mol. The number of rotatable bonds is 6. The Kier molecular flexibility index (Phi) is 6.12. The van der Waals surface area contributed by atoms with Crippen molar-refractivity contribution >= 4 is 34.4 Å². The Labute approximate surface area is 197 Å². The summed E-state index contributed by atoms with van der Waals surface area (Å²) in [5.41, 5.74) is 4.11. The number of H-pyrrole nitrogens is 1. The molecule has 3 aromatic rings. The van der Waals surface area contributed by atoms with Crippen molar-refractivity contribution in [1.29, 1.82) is 0 Å². The highest BCUT2D eigenvalue weighted by Crippen LogP contribution is 2.35. The Balaban J connectivity index is 1.26. The molecular formula is C24H28ClN5O3. The molecule has 0 spiro atoms. The number of amides is 1. The van der Waals surface area contributed by atoms with Crippen molar-refractivity contribution < 1.29 is 14.3 Å². The number of hydrogen-bond acceptors (Lipinski definition) is 6. The van der Waals surface area contributed by atoms with Crippen molar-refractivity contribution in [3.8, 4) is 17.3 Å². The molecule has 2 aliphatic rings. The third-order valence-corrected chi connectivity index (χ3v) is 6.64. The lowest BCUT2D eigenvalue weighted by Crippen LogP contribution is -2.37. The fraction of sp³-hybridized carbons (Fsp3) is 0.458. The van der Waals surface area contributed by atoms with Gasteiger partial charge in [0.25, 0.3) is 6.01 Å². The van der Waals surface area contributed by atoms with Gasteiger partial charge in [-0.25, -0.2) is 4.98 Å². The molecule has 1 N–H and O–H groups in total. The van der Waals surface area contributed by atoms with Crippen molar-refractivity contribution in [3.05, 3.63) is 35.4 Å². The van der Waals surface area contributed by atoms with Gasteiger partial charge in [-0.2, -0.15) is 4.98 Å². The van der Waals surface area contributed by atoms with Gasteiger partial charge in [-0.1, -0.05) is 23.7 Å². The maximum absolute atomic E-state index is 11.8. The predicted octanol–water partition coefficient (Wildman–Crippen LogP) is 3.75. The average molecular weight is 470 g/mol. The first-order chi connectivity index (χ1) is 16.0. The summed E-state index contributed by atoms with van der Waals surface area (Å²) in [4.78, 5) is 28.2. The number of hydrogen-bond donors (Lipinski definition) is 1. The number of ether oxygens (including phenoxy) is 2. The first-order valence-corrected chi connectivity index (χ1v) is 11.7. The van der Waals surface area contributed by atoms with Gasteiger partial charge in [0.15, 0.2) is 5.65 Å². The van der Waals surface area contributed by atoms with Crippen LogP contribution in [-0.4, -0.2) is 72.3 Å². The van der Waals surface area contributed by atoms with E-state index in [1.165, 1.54) is 5.69 Å². The fourth-order valence-electron chi connectivity index (χ4n) is 4.33. The number of halogens is 1. The number of pyridine rings is 1. The summed E-state index contributed by atoms with van der Waals surface area (Å²) in [6.45, 7) is 3.30. The lowest BCUT2D eigenvalue weighted by molar-refractivity contribution is -0.131. The van der Waals surface area contributed by atoms with E-state index >= 15 is 0 Å². The van der Waals surface area contributed by atoms with Crippen LogP contribution in [-0.2, 0) is 9.53 Å². The van der Waals surface area contributed by atoms with Gasteiger partial charge in [-0.3, -0.25) is 4.79 Å². The number of fused-ring (bicyclic) bond motifs is 1. The van der Waals surface area contributed by atoms with Gasteiger partial charge in [0.2, 0.25) is 5.91 Å². The molecule has 2 fully saturated rings. The molecule has 1 saturated heterocycles. The topological polar surface area (TPSA) is 83.6 Å². The molecule has 2 aromatic heterocycles. The lowest BCUT2D eigenvalue weighted by atomic mass is 9.80. The number of nitrogens with one attached hydrogen (secondary N) is 1. The summed E-state index contributed by atoms with van der Waals surface area (Å²) < 4.78 is 11.4. The van der Waals surface area contributed by atoms with Crippen LogP contribution in [0.3, 0.4) is 0 Å². The zero-order chi connectivity index (χ0) is 22.9. The number of anilines is 1. The SMILES string of the molecule is CN(C)C(=O)C[C@H]1C[C@@H](Oc2nc3nc(-c4ccc(N5CCOCC5)cc4)c(Cl)cc3[nH]2)C1. The molecular weight excluding hydrogens is 442 g/mol. The van der Waals surface area contributed by atoms with Crippen LogP contribution >= 0.6 is 11.6 Å². The molecule has 0 bridgehead atoms. The summed E-state index contributed by atoms with van der Waals surface area (Å²) >= 11 is 6.56. The van der Waals surface area contributed by atoms with E-state index in [1.807, 2.05) is 18.2 Å². The second-order valence-electron chi connectivity index (χ2n) is 8.95. The Morgan fingerprint density at radius 1 is 1.21 bits per heavy atom. The van der Waals surface area contributed by atoms with Crippen LogP contribution in [0.5, 0.6) is 6.01 Å². The Hall–Kier alpha value is -2.84. The Bertz CT molecular complexity index is 1130. The number of benzene rings is 1. The molecule has 5 rings (SSSR count). The molecule has 0 radical (unpaired) electrons. The second-order valence-corrected chi connectivity index (χ2v) is 9.35. The van der Waals surface area contributed by atoms with E-state index in [1.54, 1.807) is 19.0 Å². The van der Waals surface area contributed by atoms with Crippen LogP contribution < -0.4 is 9.64 Å². The molecule has 1 saturated carbocycles. The minimum Gasteiger partial charge on any atom is -0.461 e. The highest BCUT2D eigenvalue weighted by molar-refractivity contribution is 6.33. The van der Waals surface area contributed by atoms with Crippen molar-refractivity contribution in [2.75, 3.05) is 45.3 Å². The maximum Gasteiger partial charge on any atom is 0.296 e. The zero-order valence-electron chi connectivity index (χ0n) is 18.9. The van der Waals surface area contributed by atoms with E-state index in [0.717, 1.165) is 50.2 Å². The standard InChI is InChI=1S/C24H28ClN5O3/c1-29(2)21(31)13-15-11-18(12-15)33-24-26-20-14-19(25)22(27-23(20)28-24)16-3-5-17(6-4-16)30-7-9-32-10-8-30/h3-6,14-15,18H,7-13H2,1-2H3,(H,26,27,28)/t15-,18+. The summed E-state index contributed by atoms with van der Waals surface area (Å²) in [5.74, 6) is 0.528. The molecule has 0 atom stereocenters. The Morgan fingerprint density at radius 2 is 1.94 bits per heavy atom. The van der Waals surface area contributed by atoms with Crippen LogP contribution in [0.15, 0.2) is 30.3 Å². The van der Waals surface area contributed by atoms with Crippen LogP contribution in [0.25, 0.3) is 22.4 Å².